The highest BCUT2D eigenvalue weighted by atomic mass is 19.1. The highest BCUT2D eigenvalue weighted by molar-refractivity contribution is 5.52. The van der Waals surface area contributed by atoms with Gasteiger partial charge in [0.05, 0.1) is 6.20 Å². The number of nitrogens with zero attached hydrogens (tertiary/aromatic N) is 1. The van der Waals surface area contributed by atoms with Gasteiger partial charge >= 0.3 is 0 Å². The third kappa shape index (κ3) is 2.46. The molecule has 0 radical (unpaired) electrons. The topological polar surface area (TPSA) is 52.0 Å². The normalized spacial score (nSPS) is 12.7. The third-order valence-electron chi connectivity index (χ3n) is 2.17. The molecule has 0 bridgehead atoms. The van der Waals surface area contributed by atoms with Crippen molar-refractivity contribution in [2.75, 3.05) is 0 Å². The number of nitrogens with two attached hydrogens (primary N) is 1. The van der Waals surface area contributed by atoms with Crippen LogP contribution in [0.4, 0.5) is 4.39 Å². The first-order valence-corrected chi connectivity index (χ1v) is 5.11. The van der Waals surface area contributed by atoms with Crippen molar-refractivity contribution in [2.45, 2.75) is 19.4 Å². The Labute approximate surface area is 93.1 Å². The Kier molecular flexibility index (Phi) is 3.01. The first-order chi connectivity index (χ1) is 7.65. The predicted octanol–water partition coefficient (Wildman–Crippen LogP) is 2.37. The lowest BCUT2D eigenvalue weighted by molar-refractivity contribution is 0.500. The van der Waals surface area contributed by atoms with E-state index in [0.29, 0.717) is 12.3 Å². The number of hydrogen-bond donors (Lipinski definition) is 1. The van der Waals surface area contributed by atoms with Crippen LogP contribution in [0, 0.1) is 5.82 Å². The van der Waals surface area contributed by atoms with Crippen molar-refractivity contribution in [3.05, 3.63) is 42.0 Å². The highest BCUT2D eigenvalue weighted by Gasteiger charge is 2.07. The van der Waals surface area contributed by atoms with E-state index in [2.05, 4.69) is 4.98 Å². The molecule has 2 aromatic rings. The fraction of sp³-hybridized carbons (Fsp3) is 0.250. The van der Waals surface area contributed by atoms with Gasteiger partial charge in [0.25, 0.3) is 0 Å². The van der Waals surface area contributed by atoms with Crippen molar-refractivity contribution in [1.29, 1.82) is 0 Å². The molecule has 2 N–H and O–H groups in total. The molecule has 4 heteroatoms. The number of benzene rings is 1. The van der Waals surface area contributed by atoms with Gasteiger partial charge in [0, 0.05) is 18.0 Å². The van der Waals surface area contributed by atoms with Gasteiger partial charge in [-0.25, -0.2) is 9.37 Å². The lowest BCUT2D eigenvalue weighted by Gasteiger charge is -1.99. The fourth-order valence-corrected chi connectivity index (χ4v) is 1.45. The van der Waals surface area contributed by atoms with E-state index in [4.69, 9.17) is 10.2 Å². The van der Waals surface area contributed by atoms with Crippen LogP contribution in [0.25, 0.3) is 11.5 Å². The molecule has 0 saturated heterocycles. The zero-order chi connectivity index (χ0) is 11.5. The van der Waals surface area contributed by atoms with Gasteiger partial charge in [0.15, 0.2) is 0 Å². The van der Waals surface area contributed by atoms with Crippen LogP contribution < -0.4 is 5.73 Å². The van der Waals surface area contributed by atoms with Gasteiger partial charge in [0.2, 0.25) is 5.89 Å². The van der Waals surface area contributed by atoms with Crippen LogP contribution in [0.15, 0.2) is 34.9 Å². The van der Waals surface area contributed by atoms with E-state index in [0.717, 1.165) is 11.3 Å². The summed E-state index contributed by atoms with van der Waals surface area (Å²) < 4.78 is 18.2. The molecule has 16 heavy (non-hydrogen) atoms. The smallest absolute Gasteiger partial charge is 0.226 e. The molecular weight excluding hydrogens is 207 g/mol. The Balaban J connectivity index is 2.21. The van der Waals surface area contributed by atoms with E-state index in [-0.39, 0.29) is 11.9 Å². The van der Waals surface area contributed by atoms with Crippen LogP contribution >= 0.6 is 0 Å². The van der Waals surface area contributed by atoms with Crippen molar-refractivity contribution in [2.24, 2.45) is 5.73 Å². The third-order valence-corrected chi connectivity index (χ3v) is 2.17. The standard InChI is InChI=1S/C12H13FN2O/c1-8(14)6-11-7-15-12(16-11)9-2-4-10(13)5-3-9/h2-5,7-8H,6,14H2,1H3. The van der Waals surface area contributed by atoms with Gasteiger partial charge in [-0.05, 0) is 31.2 Å². The van der Waals surface area contributed by atoms with E-state index in [1.807, 2.05) is 6.92 Å². The van der Waals surface area contributed by atoms with Gasteiger partial charge in [0.1, 0.15) is 11.6 Å². The van der Waals surface area contributed by atoms with E-state index in [9.17, 15) is 4.39 Å². The fourth-order valence-electron chi connectivity index (χ4n) is 1.45. The zero-order valence-corrected chi connectivity index (χ0v) is 8.98. The molecule has 0 amide bonds. The molecule has 1 heterocycles. The van der Waals surface area contributed by atoms with Crippen molar-refractivity contribution >= 4 is 0 Å². The number of halogens is 1. The molecule has 1 atom stereocenters. The summed E-state index contributed by atoms with van der Waals surface area (Å²) in [7, 11) is 0. The molecule has 0 spiro atoms. The molecule has 0 saturated carbocycles. The van der Waals surface area contributed by atoms with E-state index >= 15 is 0 Å². The average Bonchev–Trinajstić information content (AvgIpc) is 2.66. The molecule has 0 fully saturated rings. The summed E-state index contributed by atoms with van der Waals surface area (Å²) >= 11 is 0. The molecule has 0 aliphatic heterocycles. The van der Waals surface area contributed by atoms with Crippen molar-refractivity contribution in [1.82, 2.24) is 4.98 Å². The van der Waals surface area contributed by atoms with Gasteiger partial charge in [-0.1, -0.05) is 0 Å². The Morgan fingerprint density at radius 1 is 1.38 bits per heavy atom. The monoisotopic (exact) mass is 220 g/mol. The van der Waals surface area contributed by atoms with Gasteiger partial charge in [-0.3, -0.25) is 0 Å². The quantitative estimate of drug-likeness (QED) is 0.863. The minimum absolute atomic E-state index is 0.0361. The summed E-state index contributed by atoms with van der Waals surface area (Å²) in [6.45, 7) is 1.90. The minimum atomic E-state index is -0.272. The molecule has 84 valence electrons. The Hall–Kier alpha value is -1.68. The van der Waals surface area contributed by atoms with Crippen LogP contribution in [-0.2, 0) is 6.42 Å². The lowest BCUT2D eigenvalue weighted by Crippen LogP contribution is -2.17. The van der Waals surface area contributed by atoms with E-state index in [1.165, 1.54) is 12.1 Å². The number of rotatable bonds is 3. The molecule has 1 aromatic heterocycles. The molecule has 2 rings (SSSR count). The molecule has 0 aliphatic rings. The number of hydrogen-bond acceptors (Lipinski definition) is 3. The maximum Gasteiger partial charge on any atom is 0.226 e. The van der Waals surface area contributed by atoms with Crippen LogP contribution in [0.5, 0.6) is 0 Å². The van der Waals surface area contributed by atoms with E-state index in [1.54, 1.807) is 18.3 Å². The number of aromatic nitrogens is 1. The maximum absolute atomic E-state index is 12.7. The van der Waals surface area contributed by atoms with Crippen molar-refractivity contribution in [3.8, 4) is 11.5 Å². The molecule has 3 nitrogen and oxygen atoms in total. The van der Waals surface area contributed by atoms with Crippen molar-refractivity contribution in [3.63, 3.8) is 0 Å². The van der Waals surface area contributed by atoms with E-state index < -0.39 is 0 Å². The van der Waals surface area contributed by atoms with Crippen LogP contribution in [0.2, 0.25) is 0 Å². The predicted molar refractivity (Wildman–Crippen MR) is 59.3 cm³/mol. The molecule has 1 aromatic carbocycles. The van der Waals surface area contributed by atoms with Gasteiger partial charge in [-0.15, -0.1) is 0 Å². The van der Waals surface area contributed by atoms with Gasteiger partial charge < -0.3 is 10.2 Å². The Morgan fingerprint density at radius 3 is 2.69 bits per heavy atom. The molecule has 1 unspecified atom stereocenters. The highest BCUT2D eigenvalue weighted by Crippen LogP contribution is 2.19. The second-order valence-electron chi connectivity index (χ2n) is 3.82. The molecule has 0 aliphatic carbocycles. The minimum Gasteiger partial charge on any atom is -0.441 e. The van der Waals surface area contributed by atoms with Crippen LogP contribution in [0.1, 0.15) is 12.7 Å². The molecular formula is C12H13FN2O. The lowest BCUT2D eigenvalue weighted by atomic mass is 10.2. The number of oxazole rings is 1. The largest absolute Gasteiger partial charge is 0.441 e. The summed E-state index contributed by atoms with van der Waals surface area (Å²) in [5.74, 6) is 0.969. The average molecular weight is 220 g/mol. The summed E-state index contributed by atoms with van der Waals surface area (Å²) in [5, 5.41) is 0. The second kappa shape index (κ2) is 4.45. The van der Waals surface area contributed by atoms with Crippen LogP contribution in [0.3, 0.4) is 0 Å². The maximum atomic E-state index is 12.7. The van der Waals surface area contributed by atoms with Crippen LogP contribution in [-0.4, -0.2) is 11.0 Å². The van der Waals surface area contributed by atoms with Crippen molar-refractivity contribution < 1.29 is 8.81 Å². The Bertz CT molecular complexity index is 462. The summed E-state index contributed by atoms with van der Waals surface area (Å²) in [4.78, 5) is 4.12. The summed E-state index contributed by atoms with van der Waals surface area (Å²) in [6.07, 6.45) is 2.30. The van der Waals surface area contributed by atoms with Gasteiger partial charge in [-0.2, -0.15) is 0 Å². The summed E-state index contributed by atoms with van der Waals surface area (Å²) in [5.41, 5.74) is 6.42. The summed E-state index contributed by atoms with van der Waals surface area (Å²) in [6, 6.07) is 6.07. The zero-order valence-electron chi connectivity index (χ0n) is 8.98. The SMILES string of the molecule is CC(N)Cc1cnc(-c2ccc(F)cc2)o1. The first-order valence-electron chi connectivity index (χ1n) is 5.11. The Morgan fingerprint density at radius 2 is 2.06 bits per heavy atom. The second-order valence-corrected chi connectivity index (χ2v) is 3.82. The first kappa shape index (κ1) is 10.8.